The zero-order valence-corrected chi connectivity index (χ0v) is 16.5. The summed E-state index contributed by atoms with van der Waals surface area (Å²) >= 11 is 1.14. The van der Waals surface area contributed by atoms with Gasteiger partial charge in [0, 0.05) is 18.7 Å². The van der Waals surface area contributed by atoms with Crippen LogP contribution in [0, 0.1) is 6.92 Å². The Labute approximate surface area is 170 Å². The number of hydrogen-bond donors (Lipinski definition) is 1. The van der Waals surface area contributed by atoms with E-state index in [0.29, 0.717) is 34.2 Å². The lowest BCUT2D eigenvalue weighted by Crippen LogP contribution is -2.23. The quantitative estimate of drug-likeness (QED) is 0.502. The molecule has 0 unspecified atom stereocenters. The molecule has 1 fully saturated rings. The van der Waals surface area contributed by atoms with Crippen molar-refractivity contribution >= 4 is 39.8 Å². The smallest absolute Gasteiger partial charge is 0.354 e. The van der Waals surface area contributed by atoms with Crippen LogP contribution in [0.4, 0.5) is 10.7 Å². The van der Waals surface area contributed by atoms with Gasteiger partial charge in [-0.2, -0.15) is 0 Å². The fraction of sp³-hybridized carbons (Fsp3) is 0.190. The topological polar surface area (TPSA) is 88.8 Å². The van der Waals surface area contributed by atoms with E-state index < -0.39 is 5.97 Å². The summed E-state index contributed by atoms with van der Waals surface area (Å²) in [5, 5.41) is 3.23. The number of thiophene rings is 1. The van der Waals surface area contributed by atoms with Crippen LogP contribution in [0.3, 0.4) is 0 Å². The highest BCUT2D eigenvalue weighted by atomic mass is 32.1. The Balaban J connectivity index is 1.42. The number of esters is 1. The zero-order chi connectivity index (χ0) is 20.4. The second-order valence-corrected chi connectivity index (χ2v) is 7.64. The third kappa shape index (κ3) is 4.07. The molecule has 8 heteroatoms. The first kappa shape index (κ1) is 18.9. The molecular formula is C21H18N2O5S. The number of rotatable bonds is 5. The van der Waals surface area contributed by atoms with Gasteiger partial charge in [-0.25, -0.2) is 4.79 Å². The Kier molecular flexibility index (Phi) is 5.18. The normalized spacial score (nSPS) is 13.6. The van der Waals surface area contributed by atoms with Gasteiger partial charge in [-0.05, 0) is 61.4 Å². The van der Waals surface area contributed by atoms with Crippen molar-refractivity contribution in [3.63, 3.8) is 0 Å². The summed E-state index contributed by atoms with van der Waals surface area (Å²) in [5.74, 6) is -0.205. The molecule has 7 nitrogen and oxygen atoms in total. The van der Waals surface area contributed by atoms with Crippen LogP contribution in [0.5, 0.6) is 5.75 Å². The van der Waals surface area contributed by atoms with E-state index in [9.17, 15) is 14.4 Å². The Morgan fingerprint density at radius 1 is 1.21 bits per heavy atom. The Morgan fingerprint density at radius 2 is 2.00 bits per heavy atom. The van der Waals surface area contributed by atoms with Gasteiger partial charge in [0.15, 0.2) is 5.76 Å². The maximum Gasteiger partial charge on any atom is 0.354 e. The minimum Gasteiger partial charge on any atom is -0.459 e. The first-order valence-corrected chi connectivity index (χ1v) is 9.91. The minimum atomic E-state index is -0.504. The van der Waals surface area contributed by atoms with Crippen LogP contribution in [-0.2, 0) is 4.79 Å². The summed E-state index contributed by atoms with van der Waals surface area (Å²) in [6.07, 6.45) is 2.83. The van der Waals surface area contributed by atoms with Crippen molar-refractivity contribution < 1.29 is 23.5 Å². The molecule has 1 aliphatic heterocycles. The maximum absolute atomic E-state index is 12.5. The van der Waals surface area contributed by atoms with E-state index in [1.165, 1.54) is 6.26 Å². The predicted octanol–water partition coefficient (Wildman–Crippen LogP) is 4.25. The number of amides is 2. The van der Waals surface area contributed by atoms with Crippen molar-refractivity contribution in [3.8, 4) is 5.75 Å². The van der Waals surface area contributed by atoms with Gasteiger partial charge in [0.1, 0.15) is 10.6 Å². The van der Waals surface area contributed by atoms with Crippen molar-refractivity contribution in [3.05, 3.63) is 64.9 Å². The average molecular weight is 410 g/mol. The average Bonchev–Trinajstić information content (AvgIpc) is 3.44. The lowest BCUT2D eigenvalue weighted by Gasteiger charge is -2.15. The van der Waals surface area contributed by atoms with Crippen LogP contribution in [-0.4, -0.2) is 24.3 Å². The Morgan fingerprint density at radius 3 is 2.66 bits per heavy atom. The fourth-order valence-electron chi connectivity index (χ4n) is 3.10. The molecule has 3 aromatic rings. The van der Waals surface area contributed by atoms with Gasteiger partial charge in [-0.3, -0.25) is 9.59 Å². The first-order valence-electron chi connectivity index (χ1n) is 9.09. The Bertz CT molecular complexity index is 1050. The van der Waals surface area contributed by atoms with Crippen LogP contribution in [0.1, 0.15) is 38.6 Å². The van der Waals surface area contributed by atoms with Gasteiger partial charge < -0.3 is 19.4 Å². The van der Waals surface area contributed by atoms with Crippen LogP contribution in [0.15, 0.2) is 53.1 Å². The summed E-state index contributed by atoms with van der Waals surface area (Å²) < 4.78 is 10.5. The highest BCUT2D eigenvalue weighted by Crippen LogP contribution is 2.29. The van der Waals surface area contributed by atoms with Gasteiger partial charge in [0.2, 0.25) is 5.91 Å². The van der Waals surface area contributed by atoms with E-state index in [2.05, 4.69) is 5.32 Å². The fourth-order valence-corrected chi connectivity index (χ4v) is 4.04. The highest BCUT2D eigenvalue weighted by Gasteiger charge is 2.22. The number of benzene rings is 1. The number of nitrogens with zero attached hydrogens (tertiary/aromatic N) is 1. The number of furan rings is 1. The van der Waals surface area contributed by atoms with Gasteiger partial charge in [-0.1, -0.05) is 0 Å². The molecule has 1 aromatic carbocycles. The molecule has 4 rings (SSSR count). The molecule has 1 aliphatic rings. The highest BCUT2D eigenvalue weighted by molar-refractivity contribution is 7.18. The molecule has 0 radical (unpaired) electrons. The van der Waals surface area contributed by atoms with Crippen molar-refractivity contribution in [1.29, 1.82) is 0 Å². The van der Waals surface area contributed by atoms with Crippen molar-refractivity contribution in [1.82, 2.24) is 0 Å². The molecule has 29 heavy (non-hydrogen) atoms. The monoisotopic (exact) mass is 410 g/mol. The van der Waals surface area contributed by atoms with Crippen LogP contribution >= 0.6 is 11.3 Å². The number of hydrogen-bond acceptors (Lipinski definition) is 6. The van der Waals surface area contributed by atoms with E-state index in [-0.39, 0.29) is 17.6 Å². The van der Waals surface area contributed by atoms with E-state index in [0.717, 1.165) is 23.4 Å². The summed E-state index contributed by atoms with van der Waals surface area (Å²) in [7, 11) is 0. The SMILES string of the molecule is Cc1cc(NC(=O)c2ccco2)sc1C(=O)Oc1ccc(N2CCCC2=O)cc1. The molecule has 1 N–H and O–H groups in total. The van der Waals surface area contributed by atoms with Gasteiger partial charge in [-0.15, -0.1) is 11.3 Å². The van der Waals surface area contributed by atoms with Gasteiger partial charge in [0.25, 0.3) is 5.91 Å². The molecule has 0 atom stereocenters. The van der Waals surface area contributed by atoms with Crippen LogP contribution in [0.2, 0.25) is 0 Å². The molecule has 3 heterocycles. The number of carbonyl (C=O) groups excluding carboxylic acids is 3. The van der Waals surface area contributed by atoms with Crippen molar-refractivity contribution in [2.24, 2.45) is 0 Å². The lowest BCUT2D eigenvalue weighted by atomic mass is 10.2. The number of nitrogens with one attached hydrogen (secondary N) is 1. The maximum atomic E-state index is 12.5. The number of aryl methyl sites for hydroxylation is 1. The lowest BCUT2D eigenvalue weighted by molar-refractivity contribution is -0.117. The molecule has 0 bridgehead atoms. The Hall–Kier alpha value is -3.39. The number of carbonyl (C=O) groups is 3. The third-order valence-corrected chi connectivity index (χ3v) is 5.65. The van der Waals surface area contributed by atoms with E-state index in [4.69, 9.17) is 9.15 Å². The summed E-state index contributed by atoms with van der Waals surface area (Å²) in [5.41, 5.74) is 1.50. The van der Waals surface area contributed by atoms with Crippen LogP contribution in [0.25, 0.3) is 0 Å². The van der Waals surface area contributed by atoms with E-state index in [1.54, 1.807) is 54.3 Å². The molecule has 0 spiro atoms. The minimum absolute atomic E-state index is 0.105. The van der Waals surface area contributed by atoms with Crippen LogP contribution < -0.4 is 15.0 Å². The molecular weight excluding hydrogens is 392 g/mol. The van der Waals surface area contributed by atoms with Crippen molar-refractivity contribution in [2.75, 3.05) is 16.8 Å². The zero-order valence-electron chi connectivity index (χ0n) is 15.6. The molecule has 148 valence electrons. The molecule has 0 saturated carbocycles. The molecule has 1 saturated heterocycles. The predicted molar refractivity (Wildman–Crippen MR) is 109 cm³/mol. The number of anilines is 2. The number of ether oxygens (including phenoxy) is 1. The van der Waals surface area contributed by atoms with Gasteiger partial charge in [0.05, 0.1) is 11.3 Å². The second kappa shape index (κ2) is 7.92. The largest absolute Gasteiger partial charge is 0.459 e. The standard InChI is InChI=1S/C21H18N2O5S/c1-13-12-17(22-20(25)16-4-3-11-27-16)29-19(13)21(26)28-15-8-6-14(7-9-15)23-10-2-5-18(23)24/h3-4,6-9,11-12H,2,5,10H2,1H3,(H,22,25). The summed E-state index contributed by atoms with van der Waals surface area (Å²) in [6.45, 7) is 2.48. The molecule has 2 amide bonds. The third-order valence-electron chi connectivity index (χ3n) is 4.52. The summed E-state index contributed by atoms with van der Waals surface area (Å²) in [6, 6.07) is 11.8. The summed E-state index contributed by atoms with van der Waals surface area (Å²) in [4.78, 5) is 38.6. The first-order chi connectivity index (χ1) is 14.0. The van der Waals surface area contributed by atoms with Gasteiger partial charge >= 0.3 is 5.97 Å². The molecule has 0 aliphatic carbocycles. The second-order valence-electron chi connectivity index (χ2n) is 6.59. The molecule has 2 aromatic heterocycles. The van der Waals surface area contributed by atoms with Crippen molar-refractivity contribution in [2.45, 2.75) is 19.8 Å². The van der Waals surface area contributed by atoms with E-state index in [1.807, 2.05) is 0 Å². The van der Waals surface area contributed by atoms with E-state index >= 15 is 0 Å².